The van der Waals surface area contributed by atoms with Crippen LogP contribution in [0.3, 0.4) is 0 Å². The van der Waals surface area contributed by atoms with Crippen LogP contribution in [0.5, 0.6) is 0 Å². The number of carboxylic acid groups (broad SMARTS) is 1. The highest BCUT2D eigenvalue weighted by molar-refractivity contribution is 7.18. The number of carbonyl (C=O) groups is 1. The van der Waals surface area contributed by atoms with Crippen molar-refractivity contribution in [3.8, 4) is 0 Å². The second-order valence-corrected chi connectivity index (χ2v) is 6.74. The molecule has 0 fully saturated rings. The standard InChI is InChI=1S/C14H18N2O3S/c1-5-9-8(2)20-11-10(9)12(17)16(7-15-11)6-14(3,4)13(18)19/h7H,5-6H2,1-4H3,(H,18,19). The third-order valence-electron chi connectivity index (χ3n) is 3.48. The van der Waals surface area contributed by atoms with E-state index < -0.39 is 11.4 Å². The van der Waals surface area contributed by atoms with Crippen LogP contribution >= 0.6 is 11.3 Å². The number of aliphatic carboxylic acids is 1. The van der Waals surface area contributed by atoms with E-state index in [1.807, 2.05) is 13.8 Å². The Morgan fingerprint density at radius 2 is 2.15 bits per heavy atom. The van der Waals surface area contributed by atoms with Crippen LogP contribution in [0.15, 0.2) is 11.1 Å². The van der Waals surface area contributed by atoms with E-state index >= 15 is 0 Å². The van der Waals surface area contributed by atoms with Gasteiger partial charge < -0.3 is 5.11 Å². The van der Waals surface area contributed by atoms with E-state index in [-0.39, 0.29) is 12.1 Å². The molecule has 6 heteroatoms. The van der Waals surface area contributed by atoms with Crippen LogP contribution in [0, 0.1) is 12.3 Å². The molecule has 0 saturated carbocycles. The Morgan fingerprint density at radius 3 is 2.70 bits per heavy atom. The Labute approximate surface area is 120 Å². The van der Waals surface area contributed by atoms with E-state index in [0.29, 0.717) is 5.39 Å². The van der Waals surface area contributed by atoms with Crippen molar-refractivity contribution < 1.29 is 9.90 Å². The van der Waals surface area contributed by atoms with Gasteiger partial charge >= 0.3 is 5.97 Å². The van der Waals surface area contributed by atoms with Crippen LogP contribution in [0.2, 0.25) is 0 Å². The molecular weight excluding hydrogens is 276 g/mol. The molecule has 20 heavy (non-hydrogen) atoms. The van der Waals surface area contributed by atoms with Gasteiger partial charge in [0, 0.05) is 11.4 Å². The number of hydrogen-bond donors (Lipinski definition) is 1. The summed E-state index contributed by atoms with van der Waals surface area (Å²) in [5.74, 6) is -0.929. The van der Waals surface area contributed by atoms with Crippen LogP contribution < -0.4 is 5.56 Å². The first kappa shape index (κ1) is 14.7. The molecule has 2 aromatic heterocycles. The number of nitrogens with zero attached hydrogens (tertiary/aromatic N) is 2. The summed E-state index contributed by atoms with van der Waals surface area (Å²) in [6, 6.07) is 0. The monoisotopic (exact) mass is 294 g/mol. The highest BCUT2D eigenvalue weighted by atomic mass is 32.1. The Kier molecular flexibility index (Phi) is 3.69. The van der Waals surface area contributed by atoms with Crippen molar-refractivity contribution in [1.29, 1.82) is 0 Å². The van der Waals surface area contributed by atoms with Crippen molar-refractivity contribution >= 4 is 27.5 Å². The number of rotatable bonds is 4. The molecule has 0 bridgehead atoms. The maximum atomic E-state index is 12.6. The Bertz CT molecular complexity index is 728. The molecule has 0 aliphatic carbocycles. The molecule has 2 aromatic rings. The molecule has 0 amide bonds. The van der Waals surface area contributed by atoms with Gasteiger partial charge in [0.15, 0.2) is 0 Å². The number of aromatic nitrogens is 2. The van der Waals surface area contributed by atoms with Gasteiger partial charge in [-0.25, -0.2) is 4.98 Å². The van der Waals surface area contributed by atoms with Crippen molar-refractivity contribution in [3.05, 3.63) is 27.1 Å². The lowest BCUT2D eigenvalue weighted by Gasteiger charge is -2.19. The van der Waals surface area contributed by atoms with E-state index in [0.717, 1.165) is 21.7 Å². The zero-order valence-electron chi connectivity index (χ0n) is 12.1. The average Bonchev–Trinajstić information content (AvgIpc) is 2.69. The number of hydrogen-bond acceptors (Lipinski definition) is 4. The molecule has 108 valence electrons. The topological polar surface area (TPSA) is 72.2 Å². The molecule has 1 N–H and O–H groups in total. The van der Waals surface area contributed by atoms with E-state index in [4.69, 9.17) is 0 Å². The van der Waals surface area contributed by atoms with Crippen LogP contribution in [-0.2, 0) is 17.8 Å². The summed E-state index contributed by atoms with van der Waals surface area (Å²) < 4.78 is 1.40. The van der Waals surface area contributed by atoms with Crippen molar-refractivity contribution in [1.82, 2.24) is 9.55 Å². The van der Waals surface area contributed by atoms with Gasteiger partial charge in [-0.3, -0.25) is 14.2 Å². The average molecular weight is 294 g/mol. The SMILES string of the molecule is CCc1c(C)sc2ncn(CC(C)(C)C(=O)O)c(=O)c12. The summed E-state index contributed by atoms with van der Waals surface area (Å²) in [5, 5.41) is 9.82. The van der Waals surface area contributed by atoms with Gasteiger partial charge in [-0.05, 0) is 32.8 Å². The van der Waals surface area contributed by atoms with Crippen molar-refractivity contribution in [3.63, 3.8) is 0 Å². The van der Waals surface area contributed by atoms with E-state index in [2.05, 4.69) is 4.98 Å². The highest BCUT2D eigenvalue weighted by Crippen LogP contribution is 2.27. The third kappa shape index (κ3) is 2.35. The van der Waals surface area contributed by atoms with Crippen molar-refractivity contribution in [2.45, 2.75) is 40.7 Å². The molecule has 2 rings (SSSR count). The number of thiophene rings is 1. The van der Waals surface area contributed by atoms with Crippen molar-refractivity contribution in [2.24, 2.45) is 5.41 Å². The second-order valence-electron chi connectivity index (χ2n) is 5.54. The summed E-state index contributed by atoms with van der Waals surface area (Å²) in [5.41, 5.74) is -0.133. The number of carboxylic acids is 1. The predicted octanol–water partition coefficient (Wildman–Crippen LogP) is 2.44. The van der Waals surface area contributed by atoms with Gasteiger partial charge in [0.25, 0.3) is 5.56 Å². The first-order chi connectivity index (χ1) is 9.27. The fraction of sp³-hybridized carbons (Fsp3) is 0.500. The zero-order chi connectivity index (χ0) is 15.1. The van der Waals surface area contributed by atoms with Crippen LogP contribution in [0.25, 0.3) is 10.2 Å². The molecule has 0 aliphatic rings. The van der Waals surface area contributed by atoms with Gasteiger partial charge in [0.2, 0.25) is 0 Å². The molecule has 0 atom stereocenters. The minimum Gasteiger partial charge on any atom is -0.481 e. The van der Waals surface area contributed by atoms with E-state index in [1.54, 1.807) is 13.8 Å². The fourth-order valence-corrected chi connectivity index (χ4v) is 3.30. The Hall–Kier alpha value is -1.69. The third-order valence-corrected chi connectivity index (χ3v) is 4.53. The lowest BCUT2D eigenvalue weighted by Crippen LogP contribution is -2.34. The number of aryl methyl sites for hydroxylation is 2. The molecule has 0 unspecified atom stereocenters. The Balaban J connectivity index is 2.60. The van der Waals surface area contributed by atoms with Crippen LogP contribution in [0.1, 0.15) is 31.2 Å². The smallest absolute Gasteiger partial charge is 0.310 e. The van der Waals surface area contributed by atoms with Crippen LogP contribution in [0.4, 0.5) is 0 Å². The molecular formula is C14H18N2O3S. The first-order valence-electron chi connectivity index (χ1n) is 6.48. The predicted molar refractivity (Wildman–Crippen MR) is 79.4 cm³/mol. The summed E-state index contributed by atoms with van der Waals surface area (Å²) in [7, 11) is 0. The van der Waals surface area contributed by atoms with Gasteiger partial charge in [-0.1, -0.05) is 6.92 Å². The second kappa shape index (κ2) is 5.01. The number of fused-ring (bicyclic) bond motifs is 1. The molecule has 0 aromatic carbocycles. The van der Waals surface area contributed by atoms with Gasteiger partial charge in [-0.2, -0.15) is 0 Å². The molecule has 0 aliphatic heterocycles. The summed E-state index contributed by atoms with van der Waals surface area (Å²) in [6.07, 6.45) is 2.22. The summed E-state index contributed by atoms with van der Waals surface area (Å²) in [6.45, 7) is 7.31. The molecule has 0 saturated heterocycles. The van der Waals surface area contributed by atoms with Gasteiger partial charge in [-0.15, -0.1) is 11.3 Å². The lowest BCUT2D eigenvalue weighted by atomic mass is 9.94. The minimum atomic E-state index is -1.00. The molecule has 0 spiro atoms. The van der Waals surface area contributed by atoms with Crippen LogP contribution in [-0.4, -0.2) is 20.6 Å². The quantitative estimate of drug-likeness (QED) is 0.940. The van der Waals surface area contributed by atoms with E-state index in [9.17, 15) is 14.7 Å². The normalized spacial score (nSPS) is 12.0. The molecule has 0 radical (unpaired) electrons. The maximum Gasteiger partial charge on any atom is 0.310 e. The van der Waals surface area contributed by atoms with Gasteiger partial charge in [0.1, 0.15) is 4.83 Å². The van der Waals surface area contributed by atoms with E-state index in [1.165, 1.54) is 22.2 Å². The summed E-state index contributed by atoms with van der Waals surface area (Å²) in [4.78, 5) is 29.9. The molecule has 2 heterocycles. The fourth-order valence-electron chi connectivity index (χ4n) is 2.22. The van der Waals surface area contributed by atoms with Crippen molar-refractivity contribution in [2.75, 3.05) is 0 Å². The lowest BCUT2D eigenvalue weighted by molar-refractivity contribution is -0.147. The highest BCUT2D eigenvalue weighted by Gasteiger charge is 2.28. The van der Waals surface area contributed by atoms with Gasteiger partial charge in [0.05, 0.1) is 17.1 Å². The maximum absolute atomic E-state index is 12.6. The summed E-state index contributed by atoms with van der Waals surface area (Å²) >= 11 is 1.51. The zero-order valence-corrected chi connectivity index (χ0v) is 12.9. The molecule has 5 nitrogen and oxygen atoms in total. The minimum absolute atomic E-state index is 0.113. The Morgan fingerprint density at radius 1 is 1.50 bits per heavy atom. The largest absolute Gasteiger partial charge is 0.481 e. The first-order valence-corrected chi connectivity index (χ1v) is 7.30.